The standard InChI is InChI=1S/C16H25FN2/c1-4-7-13-11-19(14(5-2)10-18-13)16-9-6-8-15(17)12(16)3/h6,8-9,13-14,18H,4-5,7,10-11H2,1-3H3. The molecule has 2 rings (SSSR count). The van der Waals surface area contributed by atoms with Crippen LogP contribution in [0.2, 0.25) is 0 Å². The molecular weight excluding hydrogens is 239 g/mol. The summed E-state index contributed by atoms with van der Waals surface area (Å²) in [6, 6.07) is 6.41. The first-order chi connectivity index (χ1) is 9.17. The van der Waals surface area contributed by atoms with Crippen LogP contribution in [0.3, 0.4) is 0 Å². The Kier molecular flexibility index (Phi) is 4.81. The van der Waals surface area contributed by atoms with E-state index in [0.29, 0.717) is 12.1 Å². The summed E-state index contributed by atoms with van der Waals surface area (Å²) in [5.74, 6) is -0.0991. The summed E-state index contributed by atoms with van der Waals surface area (Å²) >= 11 is 0. The van der Waals surface area contributed by atoms with Crippen molar-refractivity contribution in [1.29, 1.82) is 0 Å². The molecule has 2 nitrogen and oxygen atoms in total. The predicted octanol–water partition coefficient (Wildman–Crippen LogP) is 3.49. The zero-order valence-corrected chi connectivity index (χ0v) is 12.2. The van der Waals surface area contributed by atoms with Gasteiger partial charge in [-0.1, -0.05) is 26.3 Å². The van der Waals surface area contributed by atoms with Crippen molar-refractivity contribution < 1.29 is 4.39 Å². The van der Waals surface area contributed by atoms with Gasteiger partial charge < -0.3 is 10.2 Å². The van der Waals surface area contributed by atoms with Gasteiger partial charge in [-0.3, -0.25) is 0 Å². The molecule has 0 bridgehead atoms. The molecule has 2 atom stereocenters. The van der Waals surface area contributed by atoms with E-state index in [1.54, 1.807) is 6.07 Å². The zero-order chi connectivity index (χ0) is 13.8. The van der Waals surface area contributed by atoms with Gasteiger partial charge in [0.1, 0.15) is 5.82 Å². The number of halogens is 1. The molecule has 1 heterocycles. The van der Waals surface area contributed by atoms with Crippen molar-refractivity contribution in [3.05, 3.63) is 29.6 Å². The fraction of sp³-hybridized carbons (Fsp3) is 0.625. The van der Waals surface area contributed by atoms with Crippen molar-refractivity contribution in [1.82, 2.24) is 5.32 Å². The molecule has 0 saturated carbocycles. The number of nitrogens with zero attached hydrogens (tertiary/aromatic N) is 1. The van der Waals surface area contributed by atoms with E-state index in [-0.39, 0.29) is 5.82 Å². The fourth-order valence-corrected chi connectivity index (χ4v) is 2.97. The average Bonchev–Trinajstić information content (AvgIpc) is 2.42. The molecule has 0 spiro atoms. The second kappa shape index (κ2) is 6.38. The monoisotopic (exact) mass is 264 g/mol. The van der Waals surface area contributed by atoms with Crippen LogP contribution in [0.25, 0.3) is 0 Å². The van der Waals surface area contributed by atoms with Gasteiger partial charge in [0.15, 0.2) is 0 Å². The van der Waals surface area contributed by atoms with Crippen LogP contribution in [0.4, 0.5) is 10.1 Å². The van der Waals surface area contributed by atoms with Crippen LogP contribution in [0.1, 0.15) is 38.7 Å². The van der Waals surface area contributed by atoms with Crippen LogP contribution in [-0.2, 0) is 0 Å². The van der Waals surface area contributed by atoms with Gasteiger partial charge >= 0.3 is 0 Å². The molecule has 0 amide bonds. The van der Waals surface area contributed by atoms with E-state index >= 15 is 0 Å². The lowest BCUT2D eigenvalue weighted by Crippen LogP contribution is -2.56. The van der Waals surface area contributed by atoms with E-state index < -0.39 is 0 Å². The Balaban J connectivity index is 2.24. The highest BCUT2D eigenvalue weighted by Gasteiger charge is 2.27. The molecule has 1 saturated heterocycles. The van der Waals surface area contributed by atoms with E-state index in [1.807, 2.05) is 13.0 Å². The third-order valence-corrected chi connectivity index (χ3v) is 4.16. The maximum atomic E-state index is 13.8. The van der Waals surface area contributed by atoms with E-state index in [2.05, 4.69) is 30.1 Å². The van der Waals surface area contributed by atoms with Gasteiger partial charge in [-0.05, 0) is 31.9 Å². The molecule has 0 aliphatic carbocycles. The van der Waals surface area contributed by atoms with Crippen molar-refractivity contribution in [2.24, 2.45) is 0 Å². The number of hydrogen-bond donors (Lipinski definition) is 1. The molecule has 1 aliphatic rings. The maximum absolute atomic E-state index is 13.8. The lowest BCUT2D eigenvalue weighted by atomic mass is 10.0. The van der Waals surface area contributed by atoms with Gasteiger partial charge in [0.2, 0.25) is 0 Å². The fourth-order valence-electron chi connectivity index (χ4n) is 2.97. The van der Waals surface area contributed by atoms with Gasteiger partial charge in [-0.25, -0.2) is 4.39 Å². The molecule has 0 aromatic heterocycles. The van der Waals surface area contributed by atoms with Crippen LogP contribution >= 0.6 is 0 Å². The van der Waals surface area contributed by atoms with Gasteiger partial charge in [0.05, 0.1) is 0 Å². The second-order valence-electron chi connectivity index (χ2n) is 5.49. The molecule has 106 valence electrons. The van der Waals surface area contributed by atoms with Crippen molar-refractivity contribution in [2.45, 2.75) is 52.1 Å². The van der Waals surface area contributed by atoms with E-state index in [9.17, 15) is 4.39 Å². The Morgan fingerprint density at radius 2 is 2.16 bits per heavy atom. The summed E-state index contributed by atoms with van der Waals surface area (Å²) < 4.78 is 13.8. The minimum atomic E-state index is -0.0991. The highest BCUT2D eigenvalue weighted by atomic mass is 19.1. The van der Waals surface area contributed by atoms with Crippen LogP contribution < -0.4 is 10.2 Å². The van der Waals surface area contributed by atoms with E-state index in [4.69, 9.17) is 0 Å². The summed E-state index contributed by atoms with van der Waals surface area (Å²) in [4.78, 5) is 2.40. The molecule has 1 fully saturated rings. The Labute approximate surface area is 116 Å². The molecule has 1 N–H and O–H groups in total. The summed E-state index contributed by atoms with van der Waals surface area (Å²) in [5, 5.41) is 3.62. The van der Waals surface area contributed by atoms with Crippen LogP contribution in [-0.4, -0.2) is 25.2 Å². The minimum Gasteiger partial charge on any atom is -0.365 e. The van der Waals surface area contributed by atoms with Gasteiger partial charge in [-0.2, -0.15) is 0 Å². The minimum absolute atomic E-state index is 0.0991. The maximum Gasteiger partial charge on any atom is 0.128 e. The molecule has 1 aliphatic heterocycles. The van der Waals surface area contributed by atoms with Crippen molar-refractivity contribution in [3.8, 4) is 0 Å². The highest BCUT2D eigenvalue weighted by Crippen LogP contribution is 2.27. The average molecular weight is 264 g/mol. The van der Waals surface area contributed by atoms with Crippen LogP contribution in [0, 0.1) is 12.7 Å². The SMILES string of the molecule is CCCC1CN(c2cccc(F)c2C)C(CC)CN1. The van der Waals surface area contributed by atoms with Crippen LogP contribution in [0.5, 0.6) is 0 Å². The number of nitrogens with one attached hydrogen (secondary N) is 1. The number of piperazine rings is 1. The van der Waals surface area contributed by atoms with Crippen molar-refractivity contribution >= 4 is 5.69 Å². The number of rotatable bonds is 4. The lowest BCUT2D eigenvalue weighted by molar-refractivity contribution is 0.368. The lowest BCUT2D eigenvalue weighted by Gasteiger charge is -2.42. The normalized spacial score (nSPS) is 23.7. The third-order valence-electron chi connectivity index (χ3n) is 4.16. The Morgan fingerprint density at radius 3 is 2.84 bits per heavy atom. The molecule has 1 aromatic rings. The second-order valence-corrected chi connectivity index (χ2v) is 5.49. The molecule has 1 aromatic carbocycles. The molecule has 0 radical (unpaired) electrons. The molecule has 2 unspecified atom stereocenters. The Bertz CT molecular complexity index is 419. The topological polar surface area (TPSA) is 15.3 Å². The predicted molar refractivity (Wildman–Crippen MR) is 79.3 cm³/mol. The number of hydrogen-bond acceptors (Lipinski definition) is 2. The number of anilines is 1. The van der Waals surface area contributed by atoms with E-state index in [0.717, 1.165) is 30.8 Å². The zero-order valence-electron chi connectivity index (χ0n) is 12.2. The van der Waals surface area contributed by atoms with E-state index in [1.165, 1.54) is 12.8 Å². The smallest absolute Gasteiger partial charge is 0.128 e. The van der Waals surface area contributed by atoms with Crippen LogP contribution in [0.15, 0.2) is 18.2 Å². The largest absolute Gasteiger partial charge is 0.365 e. The Hall–Kier alpha value is -1.09. The van der Waals surface area contributed by atoms with Gasteiger partial charge in [-0.15, -0.1) is 0 Å². The molecular formula is C16H25FN2. The first-order valence-electron chi connectivity index (χ1n) is 7.42. The molecule has 19 heavy (non-hydrogen) atoms. The summed E-state index contributed by atoms with van der Waals surface area (Å²) in [7, 11) is 0. The van der Waals surface area contributed by atoms with Gasteiger partial charge in [0.25, 0.3) is 0 Å². The van der Waals surface area contributed by atoms with Gasteiger partial charge in [0, 0.05) is 36.4 Å². The molecule has 3 heteroatoms. The first-order valence-corrected chi connectivity index (χ1v) is 7.42. The summed E-state index contributed by atoms with van der Waals surface area (Å²) in [6.45, 7) is 8.28. The summed E-state index contributed by atoms with van der Waals surface area (Å²) in [6.07, 6.45) is 3.45. The first kappa shape index (κ1) is 14.3. The highest BCUT2D eigenvalue weighted by molar-refractivity contribution is 5.55. The van der Waals surface area contributed by atoms with Crippen molar-refractivity contribution in [3.63, 3.8) is 0 Å². The quantitative estimate of drug-likeness (QED) is 0.895. The third kappa shape index (κ3) is 3.08. The summed E-state index contributed by atoms with van der Waals surface area (Å²) in [5.41, 5.74) is 1.84. The Morgan fingerprint density at radius 1 is 1.37 bits per heavy atom. The van der Waals surface area contributed by atoms with Crippen molar-refractivity contribution in [2.75, 3.05) is 18.0 Å². The number of benzene rings is 1.